The minimum Gasteiger partial charge on any atom is -0.400 e. The van der Waals surface area contributed by atoms with Crippen LogP contribution in [0.25, 0.3) is 0 Å². The minimum absolute atomic E-state index is 0.685. The van der Waals surface area contributed by atoms with Crippen molar-refractivity contribution in [2.24, 2.45) is 0 Å². The van der Waals surface area contributed by atoms with Gasteiger partial charge < -0.3 is 9.84 Å². The molecule has 10 heavy (non-hydrogen) atoms. The van der Waals surface area contributed by atoms with Crippen molar-refractivity contribution < 1.29 is 14.6 Å². The van der Waals surface area contributed by atoms with Gasteiger partial charge in [0.05, 0.1) is 0 Å². The summed E-state index contributed by atoms with van der Waals surface area (Å²) in [4.78, 5) is 9.64. The quantitative estimate of drug-likeness (QED) is 0.354. The fraction of sp³-hybridized carbons (Fsp3) is 0.571. The first-order chi connectivity index (χ1) is 4.91. The Kier molecular flexibility index (Phi) is 19.0. The van der Waals surface area contributed by atoms with Gasteiger partial charge in [0, 0.05) is 20.8 Å². The Morgan fingerprint density at radius 1 is 1.50 bits per heavy atom. The van der Waals surface area contributed by atoms with Crippen LogP contribution in [0.1, 0.15) is 6.42 Å². The lowest BCUT2D eigenvalue weighted by Gasteiger charge is -1.87. The molecule has 0 fully saturated rings. The smallest absolute Gasteiger partial charge is 0.142 e. The zero-order chi connectivity index (χ0) is 8.24. The number of hydrogen-bond acceptors (Lipinski definition) is 3. The van der Waals surface area contributed by atoms with E-state index in [0.29, 0.717) is 6.61 Å². The summed E-state index contributed by atoms with van der Waals surface area (Å²) in [5.41, 5.74) is 0. The third kappa shape index (κ3) is 15.7. The number of methoxy groups -OCH3 is 1. The van der Waals surface area contributed by atoms with Crippen LogP contribution in [-0.2, 0) is 9.53 Å². The maximum Gasteiger partial charge on any atom is 0.142 e. The second-order valence-corrected chi connectivity index (χ2v) is 1.35. The molecule has 0 bridgehead atoms. The molecule has 0 unspecified atom stereocenters. The molecule has 0 rings (SSSR count). The van der Waals surface area contributed by atoms with Gasteiger partial charge in [-0.2, -0.15) is 0 Å². The molecule has 1 N–H and O–H groups in total. The second kappa shape index (κ2) is 15.8. The zero-order valence-corrected chi connectivity index (χ0v) is 6.41. The first-order valence-corrected chi connectivity index (χ1v) is 2.95. The normalized spacial score (nSPS) is 8.70. The highest BCUT2D eigenvalue weighted by Crippen LogP contribution is 1.79. The van der Waals surface area contributed by atoms with Crippen molar-refractivity contribution >= 4 is 6.29 Å². The molecule has 3 nitrogen and oxygen atoms in total. The predicted molar refractivity (Wildman–Crippen MR) is 39.8 cm³/mol. The van der Waals surface area contributed by atoms with Crippen molar-refractivity contribution in [1.82, 2.24) is 0 Å². The van der Waals surface area contributed by atoms with Crippen molar-refractivity contribution in [3.8, 4) is 0 Å². The highest BCUT2D eigenvalue weighted by atomic mass is 16.5. The predicted octanol–water partition coefficient (Wildman–Crippen LogP) is 0.386. The molecule has 0 aliphatic carbocycles. The van der Waals surface area contributed by atoms with E-state index in [1.807, 2.05) is 0 Å². The molecule has 0 saturated carbocycles. The molecule has 0 aromatic carbocycles. The third-order valence-corrected chi connectivity index (χ3v) is 0.703. The second-order valence-electron chi connectivity index (χ2n) is 1.35. The Hall–Kier alpha value is -0.670. The molecule has 0 atom stereocenters. The number of allylic oxidation sites excluding steroid dienone is 1. The van der Waals surface area contributed by atoms with Gasteiger partial charge in [0.1, 0.15) is 6.29 Å². The maximum absolute atomic E-state index is 9.64. The van der Waals surface area contributed by atoms with Gasteiger partial charge in [-0.3, -0.25) is 4.79 Å². The maximum atomic E-state index is 9.64. The van der Waals surface area contributed by atoms with Gasteiger partial charge in [0.25, 0.3) is 0 Å². The summed E-state index contributed by atoms with van der Waals surface area (Å²) in [5.74, 6) is 0. The molecular formula is C7H14O3. The molecule has 0 aromatic rings. The van der Waals surface area contributed by atoms with E-state index < -0.39 is 0 Å². The highest BCUT2D eigenvalue weighted by molar-refractivity contribution is 5.64. The number of aliphatic hydroxyl groups excluding tert-OH is 1. The van der Waals surface area contributed by atoms with Gasteiger partial charge >= 0.3 is 0 Å². The SMILES string of the molecule is CO.COCCC=CC=O. The van der Waals surface area contributed by atoms with Crippen LogP contribution in [0.4, 0.5) is 0 Å². The number of ether oxygens (including phenoxy) is 1. The van der Waals surface area contributed by atoms with Crippen molar-refractivity contribution in [3.05, 3.63) is 12.2 Å². The minimum atomic E-state index is 0.685. The molecule has 0 aliphatic heterocycles. The molecule has 0 amide bonds. The van der Waals surface area contributed by atoms with Gasteiger partial charge in [-0.05, 0) is 12.5 Å². The fourth-order valence-corrected chi connectivity index (χ4v) is 0.338. The average Bonchev–Trinajstić information content (AvgIpc) is 2.02. The molecule has 0 spiro atoms. The van der Waals surface area contributed by atoms with E-state index in [9.17, 15) is 4.79 Å². The Morgan fingerprint density at radius 3 is 2.50 bits per heavy atom. The Morgan fingerprint density at radius 2 is 2.10 bits per heavy atom. The van der Waals surface area contributed by atoms with Crippen LogP contribution in [0.15, 0.2) is 12.2 Å². The summed E-state index contributed by atoms with van der Waals surface area (Å²) in [6.45, 7) is 0.685. The number of aldehydes is 1. The van der Waals surface area contributed by atoms with Crippen LogP contribution in [-0.4, -0.2) is 32.2 Å². The summed E-state index contributed by atoms with van der Waals surface area (Å²) in [6, 6.07) is 0. The van der Waals surface area contributed by atoms with Crippen LogP contribution in [0.5, 0.6) is 0 Å². The lowest BCUT2D eigenvalue weighted by atomic mass is 10.4. The fourth-order valence-electron chi connectivity index (χ4n) is 0.338. The molecular weight excluding hydrogens is 132 g/mol. The van der Waals surface area contributed by atoms with Crippen LogP contribution in [0, 0.1) is 0 Å². The van der Waals surface area contributed by atoms with E-state index in [1.165, 1.54) is 6.08 Å². The average molecular weight is 146 g/mol. The van der Waals surface area contributed by atoms with E-state index in [1.54, 1.807) is 13.2 Å². The van der Waals surface area contributed by atoms with Crippen molar-refractivity contribution in [2.45, 2.75) is 6.42 Å². The number of carbonyl (C=O) groups excluding carboxylic acids is 1. The number of rotatable bonds is 4. The molecule has 0 heterocycles. The molecule has 60 valence electrons. The van der Waals surface area contributed by atoms with Crippen LogP contribution in [0.2, 0.25) is 0 Å². The number of hydrogen-bond donors (Lipinski definition) is 1. The molecule has 3 heteroatoms. The standard InChI is InChI=1S/C6H10O2.CH4O/c1-8-6-4-2-3-5-7;1-2/h2-3,5H,4,6H2,1H3;2H,1H3. The van der Waals surface area contributed by atoms with Gasteiger partial charge in [-0.15, -0.1) is 0 Å². The first-order valence-electron chi connectivity index (χ1n) is 2.95. The van der Waals surface area contributed by atoms with Gasteiger partial charge in [-0.1, -0.05) is 6.08 Å². The van der Waals surface area contributed by atoms with E-state index in [4.69, 9.17) is 9.84 Å². The summed E-state index contributed by atoms with van der Waals surface area (Å²) in [5, 5.41) is 7.00. The number of carbonyl (C=O) groups is 1. The van der Waals surface area contributed by atoms with Crippen LogP contribution < -0.4 is 0 Å². The van der Waals surface area contributed by atoms with Gasteiger partial charge in [-0.25, -0.2) is 0 Å². The van der Waals surface area contributed by atoms with E-state index in [2.05, 4.69) is 0 Å². The van der Waals surface area contributed by atoms with E-state index >= 15 is 0 Å². The zero-order valence-electron chi connectivity index (χ0n) is 6.41. The highest BCUT2D eigenvalue weighted by Gasteiger charge is 1.73. The molecule has 0 aliphatic rings. The number of aliphatic hydroxyl groups is 1. The largest absolute Gasteiger partial charge is 0.400 e. The van der Waals surface area contributed by atoms with Gasteiger partial charge in [0.2, 0.25) is 0 Å². The molecule has 0 radical (unpaired) electrons. The van der Waals surface area contributed by atoms with Crippen molar-refractivity contribution in [1.29, 1.82) is 0 Å². The van der Waals surface area contributed by atoms with Crippen LogP contribution >= 0.6 is 0 Å². The molecule has 0 aromatic heterocycles. The monoisotopic (exact) mass is 146 g/mol. The van der Waals surface area contributed by atoms with E-state index in [0.717, 1.165) is 19.8 Å². The summed E-state index contributed by atoms with van der Waals surface area (Å²) in [6.07, 6.45) is 4.82. The first kappa shape index (κ1) is 12.0. The third-order valence-electron chi connectivity index (χ3n) is 0.703. The summed E-state index contributed by atoms with van der Waals surface area (Å²) >= 11 is 0. The van der Waals surface area contributed by atoms with Gasteiger partial charge in [0.15, 0.2) is 0 Å². The summed E-state index contributed by atoms with van der Waals surface area (Å²) in [7, 11) is 2.63. The van der Waals surface area contributed by atoms with Crippen molar-refractivity contribution in [2.75, 3.05) is 20.8 Å². The van der Waals surface area contributed by atoms with Crippen molar-refractivity contribution in [3.63, 3.8) is 0 Å². The topological polar surface area (TPSA) is 46.5 Å². The van der Waals surface area contributed by atoms with Crippen LogP contribution in [0.3, 0.4) is 0 Å². The van der Waals surface area contributed by atoms with E-state index in [-0.39, 0.29) is 0 Å². The Labute approximate surface area is 61.3 Å². The lowest BCUT2D eigenvalue weighted by Crippen LogP contribution is -1.83. The summed E-state index contributed by atoms with van der Waals surface area (Å²) < 4.78 is 4.72. The Balaban J connectivity index is 0. The Bertz CT molecular complexity index is 78.9. The lowest BCUT2D eigenvalue weighted by molar-refractivity contribution is -0.104. The molecule has 0 saturated heterocycles.